The van der Waals surface area contributed by atoms with E-state index in [0.717, 1.165) is 0 Å². The van der Waals surface area contributed by atoms with Crippen LogP contribution in [-0.2, 0) is 5.41 Å². The molecular weight excluding hydrogens is 400 g/mol. The van der Waals surface area contributed by atoms with Gasteiger partial charge in [0, 0.05) is 11.3 Å². The van der Waals surface area contributed by atoms with Gasteiger partial charge in [-0.05, 0) is 66.3 Å². The molecule has 0 spiro atoms. The van der Waals surface area contributed by atoms with Crippen molar-refractivity contribution in [3.05, 3.63) is 108 Å². The molecule has 2 nitrogen and oxygen atoms in total. The van der Waals surface area contributed by atoms with E-state index in [2.05, 4.69) is 141 Å². The number of benzene rings is 4. The van der Waals surface area contributed by atoms with Crippen molar-refractivity contribution in [1.82, 2.24) is 0 Å². The van der Waals surface area contributed by atoms with Crippen LogP contribution in [0.5, 0.6) is 0 Å². The molecule has 5 rings (SSSR count). The summed E-state index contributed by atoms with van der Waals surface area (Å²) in [7, 11) is 0. The van der Waals surface area contributed by atoms with Gasteiger partial charge in [-0.1, -0.05) is 87.5 Å². The lowest BCUT2D eigenvalue weighted by atomic mass is 9.84. The molecule has 1 aliphatic heterocycles. The van der Waals surface area contributed by atoms with E-state index < -0.39 is 0 Å². The van der Waals surface area contributed by atoms with Crippen LogP contribution in [0, 0.1) is 6.92 Å². The Balaban J connectivity index is 1.72. The topological polar surface area (TPSA) is 6.48 Å². The Bertz CT molecular complexity index is 1280. The van der Waals surface area contributed by atoms with Crippen LogP contribution in [0.2, 0.25) is 0 Å². The Morgan fingerprint density at radius 3 is 1.76 bits per heavy atom. The van der Waals surface area contributed by atoms with Crippen LogP contribution in [0.25, 0.3) is 11.1 Å². The van der Waals surface area contributed by atoms with Crippen molar-refractivity contribution in [3.63, 3.8) is 0 Å². The molecule has 0 unspecified atom stereocenters. The maximum atomic E-state index is 2.50. The minimum atomic E-state index is 0.0871. The van der Waals surface area contributed by atoms with Crippen LogP contribution in [0.1, 0.15) is 38.8 Å². The van der Waals surface area contributed by atoms with E-state index >= 15 is 0 Å². The fraction of sp³-hybridized carbons (Fsp3) is 0.226. The highest BCUT2D eigenvalue weighted by molar-refractivity contribution is 5.93. The van der Waals surface area contributed by atoms with Crippen LogP contribution >= 0.6 is 0 Å². The van der Waals surface area contributed by atoms with Gasteiger partial charge in [-0.3, -0.25) is 0 Å². The molecule has 4 aromatic rings. The molecule has 1 aliphatic rings. The van der Waals surface area contributed by atoms with Gasteiger partial charge < -0.3 is 9.80 Å². The highest BCUT2D eigenvalue weighted by Crippen LogP contribution is 2.50. The zero-order chi connectivity index (χ0) is 23.2. The Morgan fingerprint density at radius 1 is 0.606 bits per heavy atom. The van der Waals surface area contributed by atoms with Gasteiger partial charge in [0.2, 0.25) is 0 Å². The molecule has 1 heterocycles. The molecule has 4 aromatic carbocycles. The van der Waals surface area contributed by atoms with Crippen LogP contribution in [-0.4, -0.2) is 6.17 Å². The summed E-state index contributed by atoms with van der Waals surface area (Å²) in [5.74, 6) is 0. The van der Waals surface area contributed by atoms with Crippen LogP contribution in [0.3, 0.4) is 0 Å². The van der Waals surface area contributed by atoms with Crippen LogP contribution in [0.4, 0.5) is 22.7 Å². The summed E-state index contributed by atoms with van der Waals surface area (Å²) in [6.45, 7) is 11.3. The van der Waals surface area contributed by atoms with Gasteiger partial charge in [-0.15, -0.1) is 0 Å². The molecule has 0 amide bonds. The average molecular weight is 433 g/mol. The predicted molar refractivity (Wildman–Crippen MR) is 142 cm³/mol. The Morgan fingerprint density at radius 2 is 1.15 bits per heavy atom. The number of hydrogen-bond acceptors (Lipinski definition) is 2. The standard InChI is InChI=1S/C31H32N2/c1-22-13-9-10-16-27(22)32-23(2)33(30-18-12-11-17-29(30)32)28-20-19-25(31(3,4)5)21-26(28)24-14-7-6-8-15-24/h6-21,23H,1-5H3/t23-/m1/s1. The largest absolute Gasteiger partial charge is 0.318 e. The summed E-state index contributed by atoms with van der Waals surface area (Å²) in [6, 6.07) is 35.2. The lowest BCUT2D eigenvalue weighted by molar-refractivity contribution is 0.590. The number of hydrogen-bond donors (Lipinski definition) is 0. The smallest absolute Gasteiger partial charge is 0.108 e. The van der Waals surface area contributed by atoms with Crippen molar-refractivity contribution in [2.24, 2.45) is 0 Å². The summed E-state index contributed by atoms with van der Waals surface area (Å²) >= 11 is 0. The summed E-state index contributed by atoms with van der Waals surface area (Å²) < 4.78 is 0. The predicted octanol–water partition coefficient (Wildman–Crippen LogP) is 8.60. The first-order chi connectivity index (χ1) is 15.9. The Kier molecular flexibility index (Phi) is 5.25. The highest BCUT2D eigenvalue weighted by Gasteiger charge is 2.36. The first-order valence-corrected chi connectivity index (χ1v) is 11.8. The fourth-order valence-electron chi connectivity index (χ4n) is 4.95. The van der Waals surface area contributed by atoms with E-state index in [1.54, 1.807) is 0 Å². The summed E-state index contributed by atoms with van der Waals surface area (Å²) in [5, 5.41) is 0. The Hall–Kier alpha value is -3.52. The molecule has 0 fully saturated rings. The number of rotatable bonds is 3. The van der Waals surface area contributed by atoms with Crippen molar-refractivity contribution in [3.8, 4) is 11.1 Å². The van der Waals surface area contributed by atoms with Crippen molar-refractivity contribution in [1.29, 1.82) is 0 Å². The molecule has 0 saturated carbocycles. The van der Waals surface area contributed by atoms with Gasteiger partial charge in [0.1, 0.15) is 6.17 Å². The maximum Gasteiger partial charge on any atom is 0.108 e. The number of fused-ring (bicyclic) bond motifs is 1. The van der Waals surface area contributed by atoms with Crippen LogP contribution < -0.4 is 9.80 Å². The molecule has 0 aromatic heterocycles. The van der Waals surface area contributed by atoms with Crippen molar-refractivity contribution >= 4 is 22.7 Å². The third-order valence-corrected chi connectivity index (χ3v) is 6.73. The number of para-hydroxylation sites is 3. The van der Waals surface area contributed by atoms with Gasteiger partial charge in [0.25, 0.3) is 0 Å². The third kappa shape index (κ3) is 3.70. The van der Waals surface area contributed by atoms with Gasteiger partial charge in [-0.25, -0.2) is 0 Å². The number of anilines is 4. The minimum absolute atomic E-state index is 0.0871. The van der Waals surface area contributed by atoms with E-state index in [1.807, 2.05) is 0 Å². The second-order valence-electron chi connectivity index (χ2n) is 10.00. The van der Waals surface area contributed by atoms with E-state index in [0.29, 0.717) is 0 Å². The van der Waals surface area contributed by atoms with Crippen molar-refractivity contribution in [2.75, 3.05) is 9.80 Å². The molecule has 0 N–H and O–H groups in total. The van der Waals surface area contributed by atoms with Gasteiger partial charge in [0.05, 0.1) is 17.1 Å². The summed E-state index contributed by atoms with van der Waals surface area (Å²) in [6.07, 6.45) is 0.145. The zero-order valence-corrected chi connectivity index (χ0v) is 20.2. The molecule has 0 aliphatic carbocycles. The quantitative estimate of drug-likeness (QED) is 0.320. The van der Waals surface area contributed by atoms with E-state index in [9.17, 15) is 0 Å². The van der Waals surface area contributed by atoms with E-state index in [1.165, 1.54) is 45.0 Å². The lowest BCUT2D eigenvalue weighted by Crippen LogP contribution is -2.36. The molecule has 1 atom stereocenters. The summed E-state index contributed by atoms with van der Waals surface area (Å²) in [5.41, 5.74) is 10.2. The normalized spacial score (nSPS) is 15.6. The van der Waals surface area contributed by atoms with E-state index in [-0.39, 0.29) is 11.6 Å². The zero-order valence-electron chi connectivity index (χ0n) is 20.2. The Labute approximate surface area is 198 Å². The second-order valence-corrected chi connectivity index (χ2v) is 10.00. The number of aryl methyl sites for hydroxylation is 1. The molecule has 166 valence electrons. The van der Waals surface area contributed by atoms with E-state index in [4.69, 9.17) is 0 Å². The third-order valence-electron chi connectivity index (χ3n) is 6.73. The molecule has 2 heteroatoms. The highest BCUT2D eigenvalue weighted by atomic mass is 15.4. The SMILES string of the molecule is Cc1ccccc1N1c2ccccc2N(c2ccc(C(C)(C)C)cc2-c2ccccc2)[C@@H]1C. The van der Waals surface area contributed by atoms with Gasteiger partial charge in [-0.2, -0.15) is 0 Å². The molecule has 0 saturated heterocycles. The minimum Gasteiger partial charge on any atom is -0.318 e. The number of nitrogens with zero attached hydrogens (tertiary/aromatic N) is 2. The lowest BCUT2D eigenvalue weighted by Gasteiger charge is -2.33. The summed E-state index contributed by atoms with van der Waals surface area (Å²) in [4.78, 5) is 4.97. The van der Waals surface area contributed by atoms with Crippen molar-refractivity contribution in [2.45, 2.75) is 46.2 Å². The maximum absolute atomic E-state index is 2.50. The first-order valence-electron chi connectivity index (χ1n) is 11.8. The molecule has 0 bridgehead atoms. The fourth-order valence-corrected chi connectivity index (χ4v) is 4.95. The molecule has 33 heavy (non-hydrogen) atoms. The average Bonchev–Trinajstić information content (AvgIpc) is 3.10. The first kappa shape index (κ1) is 21.3. The van der Waals surface area contributed by atoms with Gasteiger partial charge >= 0.3 is 0 Å². The van der Waals surface area contributed by atoms with Crippen molar-refractivity contribution < 1.29 is 0 Å². The monoisotopic (exact) mass is 432 g/mol. The molecule has 0 radical (unpaired) electrons. The molecular formula is C31H32N2. The van der Waals surface area contributed by atoms with Crippen LogP contribution in [0.15, 0.2) is 97.1 Å². The van der Waals surface area contributed by atoms with Gasteiger partial charge in [0.15, 0.2) is 0 Å². The second kappa shape index (κ2) is 8.12.